The molecule has 2 heterocycles. The van der Waals surface area contributed by atoms with E-state index in [0.29, 0.717) is 13.1 Å². The molecule has 7 heteroatoms. The SMILES string of the molecule is CCn1c(C)nnc1-c1cn(CCN)nn1. The van der Waals surface area contributed by atoms with E-state index in [2.05, 4.69) is 20.5 Å². The first-order chi connectivity index (χ1) is 7.76. The van der Waals surface area contributed by atoms with Gasteiger partial charge in [-0.2, -0.15) is 0 Å². The van der Waals surface area contributed by atoms with Crippen LogP contribution in [0.5, 0.6) is 0 Å². The van der Waals surface area contributed by atoms with E-state index >= 15 is 0 Å². The first kappa shape index (κ1) is 10.7. The Hall–Kier alpha value is -1.76. The molecule has 86 valence electrons. The van der Waals surface area contributed by atoms with Gasteiger partial charge in [0.05, 0.1) is 12.7 Å². The molecule has 7 nitrogen and oxygen atoms in total. The highest BCUT2D eigenvalue weighted by atomic mass is 15.4. The molecule has 2 rings (SSSR count). The van der Waals surface area contributed by atoms with Crippen LogP contribution in [0.3, 0.4) is 0 Å². The van der Waals surface area contributed by atoms with Gasteiger partial charge >= 0.3 is 0 Å². The van der Waals surface area contributed by atoms with Crippen molar-refractivity contribution in [1.29, 1.82) is 0 Å². The number of hydrogen-bond donors (Lipinski definition) is 1. The second kappa shape index (κ2) is 4.40. The maximum absolute atomic E-state index is 5.45. The molecule has 0 fully saturated rings. The lowest BCUT2D eigenvalue weighted by atomic mass is 10.4. The molecule has 0 unspecified atom stereocenters. The van der Waals surface area contributed by atoms with E-state index in [1.807, 2.05) is 24.6 Å². The van der Waals surface area contributed by atoms with Gasteiger partial charge in [-0.1, -0.05) is 5.21 Å². The van der Waals surface area contributed by atoms with Crippen LogP contribution >= 0.6 is 0 Å². The topological polar surface area (TPSA) is 87.4 Å². The zero-order chi connectivity index (χ0) is 11.5. The molecule has 0 radical (unpaired) electrons. The van der Waals surface area contributed by atoms with Crippen LogP contribution in [0.4, 0.5) is 0 Å². The average Bonchev–Trinajstić information content (AvgIpc) is 2.85. The van der Waals surface area contributed by atoms with Crippen molar-refractivity contribution in [3.63, 3.8) is 0 Å². The van der Waals surface area contributed by atoms with E-state index in [1.54, 1.807) is 4.68 Å². The van der Waals surface area contributed by atoms with Crippen molar-refractivity contribution in [2.45, 2.75) is 26.9 Å². The Morgan fingerprint density at radius 3 is 2.81 bits per heavy atom. The Labute approximate surface area is 93.3 Å². The van der Waals surface area contributed by atoms with Crippen LogP contribution in [0.15, 0.2) is 6.20 Å². The lowest BCUT2D eigenvalue weighted by molar-refractivity contribution is 0.598. The van der Waals surface area contributed by atoms with E-state index in [4.69, 9.17) is 5.73 Å². The highest BCUT2D eigenvalue weighted by Crippen LogP contribution is 2.14. The summed E-state index contributed by atoms with van der Waals surface area (Å²) in [5.74, 6) is 1.63. The third-order valence-corrected chi connectivity index (χ3v) is 2.38. The zero-order valence-corrected chi connectivity index (χ0v) is 9.46. The van der Waals surface area contributed by atoms with E-state index in [0.717, 1.165) is 23.9 Å². The van der Waals surface area contributed by atoms with Gasteiger partial charge in [0.1, 0.15) is 5.82 Å². The maximum Gasteiger partial charge on any atom is 0.186 e. The summed E-state index contributed by atoms with van der Waals surface area (Å²) in [6.07, 6.45) is 1.84. The molecule has 2 N–H and O–H groups in total. The van der Waals surface area contributed by atoms with Gasteiger partial charge in [-0.3, -0.25) is 4.68 Å². The standard InChI is InChI=1S/C9H15N7/c1-3-16-7(2)11-13-9(16)8-6-15(5-4-10)14-12-8/h6H,3-5,10H2,1-2H3. The minimum absolute atomic E-state index is 0.544. The van der Waals surface area contributed by atoms with Crippen molar-refractivity contribution < 1.29 is 0 Å². The Kier molecular flexibility index (Phi) is 2.95. The molecule has 0 aliphatic rings. The summed E-state index contributed by atoms with van der Waals surface area (Å²) >= 11 is 0. The van der Waals surface area contributed by atoms with Crippen molar-refractivity contribution in [3.8, 4) is 11.5 Å². The molecule has 0 aliphatic carbocycles. The van der Waals surface area contributed by atoms with Crippen LogP contribution < -0.4 is 5.73 Å². The van der Waals surface area contributed by atoms with E-state index in [9.17, 15) is 0 Å². The van der Waals surface area contributed by atoms with Gasteiger partial charge in [0.2, 0.25) is 0 Å². The monoisotopic (exact) mass is 221 g/mol. The first-order valence-corrected chi connectivity index (χ1v) is 5.26. The predicted molar refractivity (Wildman–Crippen MR) is 58.5 cm³/mol. The fraction of sp³-hybridized carbons (Fsp3) is 0.556. The number of aryl methyl sites for hydroxylation is 1. The summed E-state index contributed by atoms with van der Waals surface area (Å²) in [4.78, 5) is 0. The number of rotatable bonds is 4. The van der Waals surface area contributed by atoms with Crippen molar-refractivity contribution in [2.24, 2.45) is 5.73 Å². The van der Waals surface area contributed by atoms with Gasteiger partial charge in [0, 0.05) is 13.1 Å². The highest BCUT2D eigenvalue weighted by Gasteiger charge is 2.12. The molecule has 0 atom stereocenters. The first-order valence-electron chi connectivity index (χ1n) is 5.26. The number of aromatic nitrogens is 6. The van der Waals surface area contributed by atoms with Crippen molar-refractivity contribution in [1.82, 2.24) is 29.8 Å². The molecule has 0 saturated carbocycles. The van der Waals surface area contributed by atoms with Crippen LogP contribution in [-0.2, 0) is 13.1 Å². The zero-order valence-electron chi connectivity index (χ0n) is 9.46. The van der Waals surface area contributed by atoms with Gasteiger partial charge in [0.15, 0.2) is 11.5 Å². The van der Waals surface area contributed by atoms with Crippen molar-refractivity contribution >= 4 is 0 Å². The normalized spacial score (nSPS) is 10.9. The third-order valence-electron chi connectivity index (χ3n) is 2.38. The van der Waals surface area contributed by atoms with Crippen LogP contribution in [-0.4, -0.2) is 36.3 Å². The molecule has 0 aromatic carbocycles. The summed E-state index contributed by atoms with van der Waals surface area (Å²) in [6, 6.07) is 0. The molecule has 0 amide bonds. The predicted octanol–water partition coefficient (Wildman–Crippen LogP) is -0.176. The van der Waals surface area contributed by atoms with Gasteiger partial charge in [-0.15, -0.1) is 15.3 Å². The van der Waals surface area contributed by atoms with Crippen LogP contribution in [0.2, 0.25) is 0 Å². The van der Waals surface area contributed by atoms with Crippen LogP contribution in [0.25, 0.3) is 11.5 Å². The second-order valence-corrected chi connectivity index (χ2v) is 3.47. The van der Waals surface area contributed by atoms with Crippen LogP contribution in [0, 0.1) is 6.92 Å². The maximum atomic E-state index is 5.45. The lowest BCUT2D eigenvalue weighted by Crippen LogP contribution is -2.10. The van der Waals surface area contributed by atoms with Gasteiger partial charge in [-0.25, -0.2) is 0 Å². The molecule has 16 heavy (non-hydrogen) atoms. The summed E-state index contributed by atoms with van der Waals surface area (Å²) in [5.41, 5.74) is 6.18. The van der Waals surface area contributed by atoms with E-state index in [1.165, 1.54) is 0 Å². The van der Waals surface area contributed by atoms with E-state index in [-0.39, 0.29) is 0 Å². The fourth-order valence-corrected chi connectivity index (χ4v) is 1.59. The lowest BCUT2D eigenvalue weighted by Gasteiger charge is -2.01. The Morgan fingerprint density at radius 2 is 2.12 bits per heavy atom. The molecule has 0 saturated heterocycles. The Morgan fingerprint density at radius 1 is 1.31 bits per heavy atom. The summed E-state index contributed by atoms with van der Waals surface area (Å²) < 4.78 is 3.70. The number of nitrogens with two attached hydrogens (primary N) is 1. The summed E-state index contributed by atoms with van der Waals surface area (Å²) in [7, 11) is 0. The van der Waals surface area contributed by atoms with Crippen molar-refractivity contribution in [2.75, 3.05) is 6.54 Å². The van der Waals surface area contributed by atoms with Crippen molar-refractivity contribution in [3.05, 3.63) is 12.0 Å². The quantitative estimate of drug-likeness (QED) is 0.774. The molecule has 2 aromatic rings. The molecule has 0 bridgehead atoms. The Balaban J connectivity index is 2.34. The van der Waals surface area contributed by atoms with Gasteiger partial charge < -0.3 is 10.3 Å². The number of hydrogen-bond acceptors (Lipinski definition) is 5. The molecule has 2 aromatic heterocycles. The summed E-state index contributed by atoms with van der Waals surface area (Å²) in [5, 5.41) is 16.2. The van der Waals surface area contributed by atoms with Gasteiger partial charge in [0.25, 0.3) is 0 Å². The Bertz CT molecular complexity index is 470. The second-order valence-electron chi connectivity index (χ2n) is 3.47. The molecular weight excluding hydrogens is 206 g/mol. The molecular formula is C9H15N7. The fourth-order valence-electron chi connectivity index (χ4n) is 1.59. The molecule has 0 aliphatic heterocycles. The third kappa shape index (κ3) is 1.81. The average molecular weight is 221 g/mol. The largest absolute Gasteiger partial charge is 0.329 e. The minimum Gasteiger partial charge on any atom is -0.329 e. The van der Waals surface area contributed by atoms with E-state index < -0.39 is 0 Å². The molecule has 0 spiro atoms. The minimum atomic E-state index is 0.544. The van der Waals surface area contributed by atoms with Gasteiger partial charge in [-0.05, 0) is 13.8 Å². The smallest absolute Gasteiger partial charge is 0.186 e. The highest BCUT2D eigenvalue weighted by molar-refractivity contribution is 5.47. The number of nitrogens with zero attached hydrogens (tertiary/aromatic N) is 6. The van der Waals surface area contributed by atoms with Crippen LogP contribution in [0.1, 0.15) is 12.7 Å². The summed E-state index contributed by atoms with van der Waals surface area (Å²) in [6.45, 7) is 5.99.